The van der Waals surface area contributed by atoms with Crippen LogP contribution < -0.4 is 15.1 Å². The molecule has 5 heteroatoms. The van der Waals surface area contributed by atoms with E-state index < -0.39 is 0 Å². The number of nitrogens with one attached hydrogen (secondary N) is 1. The van der Waals surface area contributed by atoms with Crippen molar-refractivity contribution in [2.75, 3.05) is 29.2 Å². The lowest BCUT2D eigenvalue weighted by atomic mass is 9.97. The Hall–Kier alpha value is -3.86. The quantitative estimate of drug-likeness (QED) is 0.528. The predicted octanol–water partition coefficient (Wildman–Crippen LogP) is 5.33. The first-order chi connectivity index (χ1) is 15.8. The van der Waals surface area contributed by atoms with Gasteiger partial charge in [0.25, 0.3) is 11.8 Å². The third-order valence-corrected chi connectivity index (χ3v) is 5.99. The standard InChI is InChI=1S/C28H29N3O2/c1-6-20-8-10-21(11-9-20)29-26-25(24-16-7-18(2)17-19(24)3)27(32)31(28(26)33)23-14-12-22(13-15-23)30(4)5/h7-17,29H,6H2,1-5H3. The summed E-state index contributed by atoms with van der Waals surface area (Å²) in [7, 11) is 3.90. The molecule has 0 unspecified atom stereocenters. The highest BCUT2D eigenvalue weighted by atomic mass is 16.2. The number of imide groups is 1. The summed E-state index contributed by atoms with van der Waals surface area (Å²) in [4.78, 5) is 30.5. The minimum absolute atomic E-state index is 0.299. The number of benzene rings is 3. The summed E-state index contributed by atoms with van der Waals surface area (Å²) < 4.78 is 0. The van der Waals surface area contributed by atoms with E-state index in [2.05, 4.69) is 12.2 Å². The lowest BCUT2D eigenvalue weighted by Crippen LogP contribution is -2.32. The van der Waals surface area contributed by atoms with Crippen LogP contribution in [-0.2, 0) is 16.0 Å². The van der Waals surface area contributed by atoms with E-state index in [1.54, 1.807) is 0 Å². The van der Waals surface area contributed by atoms with E-state index in [-0.39, 0.29) is 11.8 Å². The number of amides is 2. The molecule has 0 saturated carbocycles. The zero-order valence-corrected chi connectivity index (χ0v) is 19.8. The number of anilines is 3. The van der Waals surface area contributed by atoms with Gasteiger partial charge in [-0.2, -0.15) is 0 Å². The molecule has 1 aliphatic heterocycles. The summed E-state index contributed by atoms with van der Waals surface area (Å²) >= 11 is 0. The van der Waals surface area contributed by atoms with Crippen LogP contribution in [0.25, 0.3) is 5.57 Å². The molecule has 0 bridgehead atoms. The number of carbonyl (C=O) groups excluding carboxylic acids is 2. The first kappa shape index (κ1) is 22.3. The van der Waals surface area contributed by atoms with Gasteiger partial charge in [0, 0.05) is 25.5 Å². The van der Waals surface area contributed by atoms with Gasteiger partial charge in [-0.3, -0.25) is 9.59 Å². The molecule has 168 valence electrons. The number of aryl methyl sites for hydroxylation is 3. The summed E-state index contributed by atoms with van der Waals surface area (Å²) in [6.45, 7) is 6.08. The van der Waals surface area contributed by atoms with E-state index in [1.165, 1.54) is 10.5 Å². The molecule has 0 aromatic heterocycles. The Bertz CT molecular complexity index is 1240. The Morgan fingerprint density at radius 3 is 2.09 bits per heavy atom. The van der Waals surface area contributed by atoms with Crippen molar-refractivity contribution < 1.29 is 9.59 Å². The molecule has 1 N–H and O–H groups in total. The van der Waals surface area contributed by atoms with Crippen LogP contribution in [0.15, 0.2) is 72.4 Å². The molecule has 0 atom stereocenters. The second-order valence-corrected chi connectivity index (χ2v) is 8.60. The summed E-state index contributed by atoms with van der Waals surface area (Å²) in [5.41, 5.74) is 7.05. The molecule has 0 radical (unpaired) electrons. The van der Waals surface area contributed by atoms with E-state index in [4.69, 9.17) is 0 Å². The first-order valence-corrected chi connectivity index (χ1v) is 11.1. The van der Waals surface area contributed by atoms with Gasteiger partial charge < -0.3 is 10.2 Å². The molecule has 5 nitrogen and oxygen atoms in total. The zero-order valence-electron chi connectivity index (χ0n) is 19.8. The molecule has 4 rings (SSSR count). The van der Waals surface area contributed by atoms with Gasteiger partial charge in [0.15, 0.2) is 0 Å². The topological polar surface area (TPSA) is 52.7 Å². The summed E-state index contributed by atoms with van der Waals surface area (Å²) in [5.74, 6) is -0.676. The molecular weight excluding hydrogens is 410 g/mol. The van der Waals surface area contributed by atoms with Crippen LogP contribution in [0.5, 0.6) is 0 Å². The Kier molecular flexibility index (Phi) is 6.05. The fourth-order valence-electron chi connectivity index (χ4n) is 4.09. The van der Waals surface area contributed by atoms with Gasteiger partial charge in [-0.1, -0.05) is 42.8 Å². The molecule has 0 aliphatic carbocycles. The third kappa shape index (κ3) is 4.27. The van der Waals surface area contributed by atoms with Crippen molar-refractivity contribution in [2.45, 2.75) is 27.2 Å². The predicted molar refractivity (Wildman–Crippen MR) is 136 cm³/mol. The minimum Gasteiger partial charge on any atom is -0.378 e. The molecule has 1 heterocycles. The van der Waals surface area contributed by atoms with Gasteiger partial charge in [0.05, 0.1) is 11.3 Å². The van der Waals surface area contributed by atoms with Crippen molar-refractivity contribution in [3.05, 3.63) is 94.7 Å². The summed E-state index contributed by atoms with van der Waals surface area (Å²) in [5, 5.41) is 3.25. The van der Waals surface area contributed by atoms with Crippen molar-refractivity contribution in [2.24, 2.45) is 0 Å². The zero-order chi connectivity index (χ0) is 23.7. The van der Waals surface area contributed by atoms with Crippen LogP contribution in [0, 0.1) is 13.8 Å². The lowest BCUT2D eigenvalue weighted by Gasteiger charge is -2.18. The highest BCUT2D eigenvalue weighted by Crippen LogP contribution is 2.35. The molecule has 3 aromatic carbocycles. The smallest absolute Gasteiger partial charge is 0.282 e. The van der Waals surface area contributed by atoms with Crippen LogP contribution in [0.2, 0.25) is 0 Å². The van der Waals surface area contributed by atoms with E-state index >= 15 is 0 Å². The van der Waals surface area contributed by atoms with Crippen molar-refractivity contribution >= 4 is 34.4 Å². The SMILES string of the molecule is CCc1ccc(NC2=C(c3ccc(C)cc3C)C(=O)N(c3ccc(N(C)C)cc3)C2=O)cc1. The minimum atomic E-state index is -0.354. The maximum atomic E-state index is 13.7. The summed E-state index contributed by atoms with van der Waals surface area (Å²) in [6, 6.07) is 21.3. The van der Waals surface area contributed by atoms with Crippen LogP contribution in [0.4, 0.5) is 17.1 Å². The maximum absolute atomic E-state index is 13.7. The fourth-order valence-corrected chi connectivity index (χ4v) is 4.09. The van der Waals surface area contributed by atoms with Gasteiger partial charge in [0.2, 0.25) is 0 Å². The molecule has 0 spiro atoms. The van der Waals surface area contributed by atoms with E-state index in [0.717, 1.165) is 34.5 Å². The van der Waals surface area contributed by atoms with Crippen molar-refractivity contribution in [3.63, 3.8) is 0 Å². The first-order valence-electron chi connectivity index (χ1n) is 11.1. The second kappa shape index (κ2) is 8.94. The van der Waals surface area contributed by atoms with Gasteiger partial charge in [0.1, 0.15) is 5.70 Å². The van der Waals surface area contributed by atoms with Gasteiger partial charge in [-0.05, 0) is 73.4 Å². The number of hydrogen-bond donors (Lipinski definition) is 1. The van der Waals surface area contributed by atoms with E-state index in [9.17, 15) is 9.59 Å². The lowest BCUT2D eigenvalue weighted by molar-refractivity contribution is -0.120. The normalized spacial score (nSPS) is 13.7. The molecule has 33 heavy (non-hydrogen) atoms. The second-order valence-electron chi connectivity index (χ2n) is 8.60. The van der Waals surface area contributed by atoms with Crippen LogP contribution in [0.1, 0.15) is 29.2 Å². The van der Waals surface area contributed by atoms with Gasteiger partial charge in [-0.15, -0.1) is 0 Å². The maximum Gasteiger partial charge on any atom is 0.282 e. The van der Waals surface area contributed by atoms with Crippen molar-refractivity contribution in [1.82, 2.24) is 0 Å². The van der Waals surface area contributed by atoms with Crippen LogP contribution >= 0.6 is 0 Å². The van der Waals surface area contributed by atoms with Crippen LogP contribution in [-0.4, -0.2) is 25.9 Å². The molecule has 3 aromatic rings. The monoisotopic (exact) mass is 439 g/mol. The number of carbonyl (C=O) groups is 2. The van der Waals surface area contributed by atoms with Crippen molar-refractivity contribution in [1.29, 1.82) is 0 Å². The van der Waals surface area contributed by atoms with Crippen LogP contribution in [0.3, 0.4) is 0 Å². The summed E-state index contributed by atoms with van der Waals surface area (Å²) in [6.07, 6.45) is 0.935. The van der Waals surface area contributed by atoms with Gasteiger partial charge >= 0.3 is 0 Å². The Morgan fingerprint density at radius 1 is 0.848 bits per heavy atom. The highest BCUT2D eigenvalue weighted by molar-refractivity contribution is 6.46. The largest absolute Gasteiger partial charge is 0.378 e. The van der Waals surface area contributed by atoms with Crippen molar-refractivity contribution in [3.8, 4) is 0 Å². The number of hydrogen-bond acceptors (Lipinski definition) is 4. The molecule has 2 amide bonds. The number of rotatable bonds is 6. The fraction of sp³-hybridized carbons (Fsp3) is 0.214. The Morgan fingerprint density at radius 2 is 1.52 bits per heavy atom. The Labute approximate surface area is 195 Å². The Balaban J connectivity index is 1.80. The van der Waals surface area contributed by atoms with E-state index in [0.29, 0.717) is 17.0 Å². The molecule has 0 saturated heterocycles. The average Bonchev–Trinajstić information content (AvgIpc) is 3.04. The highest BCUT2D eigenvalue weighted by Gasteiger charge is 2.40. The molecular formula is C28H29N3O2. The van der Waals surface area contributed by atoms with Gasteiger partial charge in [-0.25, -0.2) is 4.90 Å². The third-order valence-electron chi connectivity index (χ3n) is 5.99. The van der Waals surface area contributed by atoms with E-state index in [1.807, 2.05) is 99.6 Å². The molecule has 1 aliphatic rings. The number of nitrogens with zero attached hydrogens (tertiary/aromatic N) is 2. The molecule has 0 fully saturated rings. The average molecular weight is 440 g/mol.